The Labute approximate surface area is 106 Å². The normalized spacial score (nSPS) is 18.7. The Morgan fingerprint density at radius 2 is 2.00 bits per heavy atom. The fourth-order valence-electron chi connectivity index (χ4n) is 1.97. The summed E-state index contributed by atoms with van der Waals surface area (Å²) in [5.41, 5.74) is 0.427. The van der Waals surface area contributed by atoms with E-state index in [2.05, 4.69) is 4.74 Å². The number of ether oxygens (including phenoxy) is 1. The van der Waals surface area contributed by atoms with Crippen LogP contribution >= 0.6 is 0 Å². The molecule has 0 radical (unpaired) electrons. The number of hydrogen-bond acceptors (Lipinski definition) is 5. The Hall–Kier alpha value is -1.65. The third-order valence-corrected chi connectivity index (χ3v) is 2.97. The first-order valence-corrected chi connectivity index (χ1v) is 6.16. The van der Waals surface area contributed by atoms with Crippen molar-refractivity contribution < 1.29 is 19.4 Å². The van der Waals surface area contributed by atoms with E-state index in [-0.39, 0.29) is 28.8 Å². The Morgan fingerprint density at radius 1 is 1.33 bits per heavy atom. The number of aliphatic hydroxyl groups is 1. The minimum absolute atomic E-state index is 0.00503. The SMILES string of the molecule is COC(=O)CCCC/C(O)=C1\C(=N)CCCC1=O. The van der Waals surface area contributed by atoms with Gasteiger partial charge < -0.3 is 15.3 Å². The van der Waals surface area contributed by atoms with Gasteiger partial charge >= 0.3 is 5.97 Å². The minimum Gasteiger partial charge on any atom is -0.511 e. The van der Waals surface area contributed by atoms with Gasteiger partial charge in [-0.05, 0) is 25.7 Å². The van der Waals surface area contributed by atoms with E-state index in [4.69, 9.17) is 5.41 Å². The van der Waals surface area contributed by atoms with Crippen LogP contribution in [-0.4, -0.2) is 29.7 Å². The van der Waals surface area contributed by atoms with Crippen molar-refractivity contribution >= 4 is 17.5 Å². The van der Waals surface area contributed by atoms with Crippen molar-refractivity contribution in [3.05, 3.63) is 11.3 Å². The van der Waals surface area contributed by atoms with Crippen LogP contribution in [0.5, 0.6) is 0 Å². The first-order valence-electron chi connectivity index (χ1n) is 6.16. The van der Waals surface area contributed by atoms with E-state index >= 15 is 0 Å². The summed E-state index contributed by atoms with van der Waals surface area (Å²) in [6, 6.07) is 0. The smallest absolute Gasteiger partial charge is 0.305 e. The molecule has 0 heterocycles. The first kappa shape index (κ1) is 14.4. The molecule has 0 aliphatic heterocycles. The van der Waals surface area contributed by atoms with Crippen LogP contribution < -0.4 is 0 Å². The number of nitrogens with one attached hydrogen (secondary N) is 1. The van der Waals surface area contributed by atoms with Gasteiger partial charge in [-0.25, -0.2) is 0 Å². The summed E-state index contributed by atoms with van der Waals surface area (Å²) in [5, 5.41) is 17.5. The molecule has 0 aromatic heterocycles. The van der Waals surface area contributed by atoms with Gasteiger partial charge in [-0.15, -0.1) is 0 Å². The number of unbranched alkanes of at least 4 members (excludes halogenated alkanes) is 1. The molecule has 0 aromatic rings. The number of hydrogen-bond donors (Lipinski definition) is 2. The van der Waals surface area contributed by atoms with E-state index in [1.54, 1.807) is 0 Å². The molecule has 5 nitrogen and oxygen atoms in total. The number of aliphatic hydroxyl groups excluding tert-OH is 1. The Bertz CT molecular complexity index is 366. The number of allylic oxidation sites excluding steroid dienone is 2. The molecule has 0 unspecified atom stereocenters. The van der Waals surface area contributed by atoms with Crippen LogP contribution in [0.15, 0.2) is 11.3 Å². The zero-order chi connectivity index (χ0) is 13.5. The molecule has 1 aliphatic rings. The number of esters is 1. The molecule has 18 heavy (non-hydrogen) atoms. The second-order valence-corrected chi connectivity index (χ2v) is 4.36. The number of methoxy groups -OCH3 is 1. The van der Waals surface area contributed by atoms with Gasteiger partial charge in [-0.1, -0.05) is 0 Å². The predicted octanol–water partition coefficient (Wildman–Crippen LogP) is 2.30. The highest BCUT2D eigenvalue weighted by Crippen LogP contribution is 2.21. The zero-order valence-corrected chi connectivity index (χ0v) is 10.6. The monoisotopic (exact) mass is 253 g/mol. The summed E-state index contributed by atoms with van der Waals surface area (Å²) < 4.78 is 4.51. The van der Waals surface area contributed by atoms with Crippen LogP contribution in [0.2, 0.25) is 0 Å². The van der Waals surface area contributed by atoms with E-state index in [0.717, 1.165) is 0 Å². The van der Waals surface area contributed by atoms with Gasteiger partial charge in [-0.3, -0.25) is 9.59 Å². The summed E-state index contributed by atoms with van der Waals surface area (Å²) in [5.74, 6) is -0.421. The lowest BCUT2D eigenvalue weighted by Crippen LogP contribution is -2.20. The van der Waals surface area contributed by atoms with Crippen LogP contribution in [0, 0.1) is 5.41 Å². The summed E-state index contributed by atoms with van der Waals surface area (Å²) in [4.78, 5) is 22.5. The number of carbonyl (C=O) groups is 2. The van der Waals surface area contributed by atoms with E-state index in [1.165, 1.54) is 7.11 Å². The van der Waals surface area contributed by atoms with Crippen molar-refractivity contribution in [1.29, 1.82) is 5.41 Å². The predicted molar refractivity (Wildman–Crippen MR) is 66.7 cm³/mol. The highest BCUT2D eigenvalue weighted by atomic mass is 16.5. The molecule has 1 rings (SSSR count). The molecule has 0 saturated heterocycles. The fourth-order valence-corrected chi connectivity index (χ4v) is 1.97. The van der Waals surface area contributed by atoms with E-state index in [0.29, 0.717) is 44.9 Å². The summed E-state index contributed by atoms with van der Waals surface area (Å²) in [6.45, 7) is 0. The lowest BCUT2D eigenvalue weighted by molar-refractivity contribution is -0.140. The number of carbonyl (C=O) groups excluding carboxylic acids is 2. The molecule has 1 fully saturated rings. The van der Waals surface area contributed by atoms with Gasteiger partial charge in [0.1, 0.15) is 5.76 Å². The van der Waals surface area contributed by atoms with Crippen molar-refractivity contribution in [3.8, 4) is 0 Å². The highest BCUT2D eigenvalue weighted by molar-refractivity contribution is 6.23. The molecule has 100 valence electrons. The molecule has 0 aromatic carbocycles. The molecule has 2 N–H and O–H groups in total. The number of rotatable bonds is 5. The Kier molecular flexibility index (Phi) is 5.55. The molecule has 0 spiro atoms. The van der Waals surface area contributed by atoms with Crippen LogP contribution in [-0.2, 0) is 14.3 Å². The van der Waals surface area contributed by atoms with Gasteiger partial charge in [0, 0.05) is 25.0 Å². The largest absolute Gasteiger partial charge is 0.511 e. The quantitative estimate of drug-likeness (QED) is 0.340. The average molecular weight is 253 g/mol. The van der Waals surface area contributed by atoms with E-state index < -0.39 is 0 Å². The van der Waals surface area contributed by atoms with E-state index in [9.17, 15) is 14.7 Å². The number of ketones is 1. The van der Waals surface area contributed by atoms with Crippen molar-refractivity contribution in [2.24, 2.45) is 0 Å². The Morgan fingerprint density at radius 3 is 2.61 bits per heavy atom. The van der Waals surface area contributed by atoms with Crippen LogP contribution in [0.3, 0.4) is 0 Å². The van der Waals surface area contributed by atoms with Gasteiger partial charge in [0.2, 0.25) is 0 Å². The third kappa shape index (κ3) is 3.98. The minimum atomic E-state index is -0.274. The molecular weight excluding hydrogens is 234 g/mol. The van der Waals surface area contributed by atoms with Gasteiger partial charge in [-0.2, -0.15) is 0 Å². The maximum Gasteiger partial charge on any atom is 0.305 e. The van der Waals surface area contributed by atoms with Crippen molar-refractivity contribution in [1.82, 2.24) is 0 Å². The molecule has 0 atom stereocenters. The molecular formula is C13H19NO4. The third-order valence-electron chi connectivity index (χ3n) is 2.97. The second kappa shape index (κ2) is 6.93. The Balaban J connectivity index is 2.47. The van der Waals surface area contributed by atoms with Crippen LogP contribution in [0.4, 0.5) is 0 Å². The summed E-state index contributed by atoms with van der Waals surface area (Å²) >= 11 is 0. The standard InChI is InChI=1S/C13H19NO4/c1-18-12(17)8-3-2-6-10(15)13-9(14)5-4-7-11(13)16/h14-15H,2-8H2,1H3/b13-10-,14-9?. The second-order valence-electron chi connectivity index (χ2n) is 4.36. The van der Waals surface area contributed by atoms with Gasteiger partial charge in [0.25, 0.3) is 0 Å². The maximum absolute atomic E-state index is 11.6. The first-order chi connectivity index (χ1) is 8.56. The number of Topliss-reactive ketones (excluding diaryl/α,β-unsaturated/α-hetero) is 1. The van der Waals surface area contributed by atoms with Crippen molar-refractivity contribution in [2.45, 2.75) is 44.9 Å². The van der Waals surface area contributed by atoms with E-state index in [1.807, 2.05) is 0 Å². The molecule has 1 aliphatic carbocycles. The topological polar surface area (TPSA) is 87.4 Å². The van der Waals surface area contributed by atoms with Crippen LogP contribution in [0.25, 0.3) is 0 Å². The molecule has 0 bridgehead atoms. The molecule has 1 saturated carbocycles. The average Bonchev–Trinajstić information content (AvgIpc) is 2.34. The maximum atomic E-state index is 11.6. The molecule has 5 heteroatoms. The summed E-state index contributed by atoms with van der Waals surface area (Å²) in [6.07, 6.45) is 3.50. The highest BCUT2D eigenvalue weighted by Gasteiger charge is 2.23. The summed E-state index contributed by atoms with van der Waals surface area (Å²) in [7, 11) is 1.34. The zero-order valence-electron chi connectivity index (χ0n) is 10.6. The van der Waals surface area contributed by atoms with Gasteiger partial charge in [0.15, 0.2) is 5.78 Å². The van der Waals surface area contributed by atoms with Crippen LogP contribution in [0.1, 0.15) is 44.9 Å². The fraction of sp³-hybridized carbons (Fsp3) is 0.615. The van der Waals surface area contributed by atoms with Crippen molar-refractivity contribution in [2.75, 3.05) is 7.11 Å². The molecule has 0 amide bonds. The lowest BCUT2D eigenvalue weighted by Gasteiger charge is -2.16. The van der Waals surface area contributed by atoms with Crippen molar-refractivity contribution in [3.63, 3.8) is 0 Å². The lowest BCUT2D eigenvalue weighted by atomic mass is 9.89. The van der Waals surface area contributed by atoms with Gasteiger partial charge in [0.05, 0.1) is 12.7 Å².